The summed E-state index contributed by atoms with van der Waals surface area (Å²) in [5.74, 6) is -4.28. The molecule has 4 N–H and O–H groups in total. The molecular formula is C14H11NO7S2. The van der Waals surface area contributed by atoms with Gasteiger partial charge in [0.05, 0.1) is 11.3 Å². The fourth-order valence-electron chi connectivity index (χ4n) is 1.98. The molecule has 1 aliphatic heterocycles. The van der Waals surface area contributed by atoms with E-state index < -0.39 is 30.3 Å². The zero-order valence-electron chi connectivity index (χ0n) is 11.9. The van der Waals surface area contributed by atoms with E-state index >= 15 is 0 Å². The molecule has 0 aromatic heterocycles. The van der Waals surface area contributed by atoms with Gasteiger partial charge < -0.3 is 20.4 Å². The van der Waals surface area contributed by atoms with Crippen molar-refractivity contribution in [3.63, 3.8) is 0 Å². The summed E-state index contributed by atoms with van der Waals surface area (Å²) in [6.45, 7) is 0. The van der Waals surface area contributed by atoms with Crippen LogP contribution in [0.2, 0.25) is 0 Å². The number of hydrogen-bond donors (Lipinski definition) is 4. The van der Waals surface area contributed by atoms with E-state index in [9.17, 15) is 24.6 Å². The SMILES string of the molecule is O=C(O)C[C@H](C(=O)O)N1C(=O)/C(=C\c2ccc(O)c(O)c2)SC1=S. The molecular weight excluding hydrogens is 358 g/mol. The summed E-state index contributed by atoms with van der Waals surface area (Å²) in [5, 5.41) is 36.7. The summed E-state index contributed by atoms with van der Waals surface area (Å²) in [6.07, 6.45) is 0.577. The quantitative estimate of drug-likeness (QED) is 0.343. The maximum atomic E-state index is 12.4. The normalized spacial score (nSPS) is 17.3. The van der Waals surface area contributed by atoms with Crippen LogP contribution in [0.3, 0.4) is 0 Å². The summed E-state index contributed by atoms with van der Waals surface area (Å²) in [7, 11) is 0. The zero-order chi connectivity index (χ0) is 18.0. The van der Waals surface area contributed by atoms with Crippen LogP contribution in [-0.2, 0) is 14.4 Å². The Hall–Kier alpha value is -2.59. The topological polar surface area (TPSA) is 135 Å². The summed E-state index contributed by atoms with van der Waals surface area (Å²) in [5.41, 5.74) is 0.385. The van der Waals surface area contributed by atoms with E-state index in [0.29, 0.717) is 5.56 Å². The van der Waals surface area contributed by atoms with Crippen molar-refractivity contribution in [2.24, 2.45) is 0 Å². The highest BCUT2D eigenvalue weighted by Crippen LogP contribution is 2.35. The van der Waals surface area contributed by atoms with Crippen LogP contribution in [0.25, 0.3) is 6.08 Å². The van der Waals surface area contributed by atoms with E-state index in [1.807, 2.05) is 0 Å². The van der Waals surface area contributed by atoms with Crippen molar-refractivity contribution in [2.45, 2.75) is 12.5 Å². The highest BCUT2D eigenvalue weighted by atomic mass is 32.2. The molecule has 1 heterocycles. The minimum Gasteiger partial charge on any atom is -0.504 e. The molecule has 126 valence electrons. The maximum absolute atomic E-state index is 12.4. The first kappa shape index (κ1) is 17.8. The highest BCUT2D eigenvalue weighted by molar-refractivity contribution is 8.26. The molecule has 1 aromatic carbocycles. The second-order valence-corrected chi connectivity index (χ2v) is 6.43. The molecule has 1 aromatic rings. The Morgan fingerprint density at radius 1 is 1.25 bits per heavy atom. The van der Waals surface area contributed by atoms with Crippen LogP contribution < -0.4 is 0 Å². The fraction of sp³-hybridized carbons (Fsp3) is 0.143. The molecule has 0 bridgehead atoms. The Morgan fingerprint density at radius 2 is 1.92 bits per heavy atom. The van der Waals surface area contributed by atoms with Crippen molar-refractivity contribution >= 4 is 52.2 Å². The number of nitrogens with zero attached hydrogens (tertiary/aromatic N) is 1. The molecule has 1 aliphatic rings. The third kappa shape index (κ3) is 3.66. The number of phenols is 2. The Labute approximate surface area is 145 Å². The van der Waals surface area contributed by atoms with E-state index in [-0.39, 0.29) is 20.7 Å². The van der Waals surface area contributed by atoms with Crippen LogP contribution in [0.1, 0.15) is 12.0 Å². The average Bonchev–Trinajstić information content (AvgIpc) is 2.75. The average molecular weight is 369 g/mol. The van der Waals surface area contributed by atoms with Gasteiger partial charge in [-0.1, -0.05) is 30.0 Å². The van der Waals surface area contributed by atoms with Crippen LogP contribution in [0.5, 0.6) is 11.5 Å². The molecule has 10 heteroatoms. The number of hydrogen-bond acceptors (Lipinski definition) is 7. The van der Waals surface area contributed by atoms with Gasteiger partial charge in [0, 0.05) is 0 Å². The standard InChI is InChI=1S/C14H11NO7S2/c16-8-2-1-6(3-9(8)17)4-10-12(20)15(14(23)24-10)7(13(21)22)5-11(18)19/h1-4,7,16-17H,5H2,(H,18,19)(H,21,22)/b10-4+/t7-/m1/s1. The molecule has 1 atom stereocenters. The third-order valence-corrected chi connectivity index (χ3v) is 4.42. The number of aromatic hydroxyl groups is 2. The molecule has 0 unspecified atom stereocenters. The number of benzene rings is 1. The van der Waals surface area contributed by atoms with E-state index in [4.69, 9.17) is 22.4 Å². The van der Waals surface area contributed by atoms with Crippen LogP contribution >= 0.6 is 24.0 Å². The largest absolute Gasteiger partial charge is 0.504 e. The molecule has 8 nitrogen and oxygen atoms in total. The molecule has 0 radical (unpaired) electrons. The number of carbonyl (C=O) groups excluding carboxylic acids is 1. The van der Waals surface area contributed by atoms with Crippen LogP contribution in [0.15, 0.2) is 23.1 Å². The van der Waals surface area contributed by atoms with Gasteiger partial charge >= 0.3 is 11.9 Å². The third-order valence-electron chi connectivity index (χ3n) is 3.09. The second-order valence-electron chi connectivity index (χ2n) is 4.75. The molecule has 1 saturated heterocycles. The Balaban J connectivity index is 2.33. The molecule has 0 saturated carbocycles. The van der Waals surface area contributed by atoms with E-state index in [1.165, 1.54) is 24.3 Å². The minimum absolute atomic E-state index is 0.0668. The predicted molar refractivity (Wildman–Crippen MR) is 88.5 cm³/mol. The number of carboxylic acids is 2. The van der Waals surface area contributed by atoms with Gasteiger partial charge in [-0.25, -0.2) is 4.79 Å². The van der Waals surface area contributed by atoms with E-state index in [2.05, 4.69) is 0 Å². The van der Waals surface area contributed by atoms with Gasteiger partial charge in [0.1, 0.15) is 10.4 Å². The van der Waals surface area contributed by atoms with E-state index in [0.717, 1.165) is 16.7 Å². The van der Waals surface area contributed by atoms with Crippen molar-refractivity contribution in [1.29, 1.82) is 0 Å². The molecule has 24 heavy (non-hydrogen) atoms. The minimum atomic E-state index is -1.60. The second kappa shape index (κ2) is 6.89. The fourth-order valence-corrected chi connectivity index (χ4v) is 3.34. The molecule has 1 fully saturated rings. The lowest BCUT2D eigenvalue weighted by Crippen LogP contribution is -2.45. The lowest BCUT2D eigenvalue weighted by Gasteiger charge is -2.21. The number of amides is 1. The van der Waals surface area contributed by atoms with Gasteiger partial charge in [0.25, 0.3) is 5.91 Å². The van der Waals surface area contributed by atoms with Gasteiger partial charge in [0.2, 0.25) is 0 Å². The van der Waals surface area contributed by atoms with Crippen LogP contribution in [0, 0.1) is 0 Å². The first-order valence-corrected chi connectivity index (χ1v) is 7.67. The number of rotatable bonds is 5. The molecule has 2 rings (SSSR count). The predicted octanol–water partition coefficient (Wildman–Crippen LogP) is 1.23. The maximum Gasteiger partial charge on any atom is 0.327 e. The van der Waals surface area contributed by atoms with E-state index in [1.54, 1.807) is 0 Å². The first-order chi connectivity index (χ1) is 11.2. The Morgan fingerprint density at radius 3 is 2.46 bits per heavy atom. The van der Waals surface area contributed by atoms with Gasteiger partial charge in [-0.3, -0.25) is 14.5 Å². The lowest BCUT2D eigenvalue weighted by atomic mass is 10.1. The van der Waals surface area contributed by atoms with Crippen LogP contribution in [-0.4, -0.2) is 53.5 Å². The number of carboxylic acid groups (broad SMARTS) is 2. The van der Waals surface area contributed by atoms with Gasteiger partial charge in [-0.2, -0.15) is 0 Å². The summed E-state index contributed by atoms with van der Waals surface area (Å²) in [6, 6.07) is 2.28. The smallest absolute Gasteiger partial charge is 0.327 e. The summed E-state index contributed by atoms with van der Waals surface area (Å²) >= 11 is 5.82. The molecule has 0 aliphatic carbocycles. The molecule has 1 amide bonds. The van der Waals surface area contributed by atoms with Crippen molar-refractivity contribution in [2.75, 3.05) is 0 Å². The van der Waals surface area contributed by atoms with Crippen molar-refractivity contribution < 1.29 is 34.8 Å². The van der Waals surface area contributed by atoms with Crippen molar-refractivity contribution in [3.05, 3.63) is 28.7 Å². The highest BCUT2D eigenvalue weighted by Gasteiger charge is 2.41. The van der Waals surface area contributed by atoms with Gasteiger partial charge in [-0.15, -0.1) is 0 Å². The Kier molecular flexibility index (Phi) is 5.10. The zero-order valence-corrected chi connectivity index (χ0v) is 13.5. The lowest BCUT2D eigenvalue weighted by molar-refractivity contribution is -0.150. The van der Waals surface area contributed by atoms with Gasteiger partial charge in [0.15, 0.2) is 11.5 Å². The number of aliphatic carboxylic acids is 2. The summed E-state index contributed by atoms with van der Waals surface area (Å²) in [4.78, 5) is 35.3. The van der Waals surface area contributed by atoms with Gasteiger partial charge in [-0.05, 0) is 23.8 Å². The van der Waals surface area contributed by atoms with Crippen LogP contribution in [0.4, 0.5) is 0 Å². The number of phenolic OH excluding ortho intramolecular Hbond substituents is 2. The number of thioether (sulfide) groups is 1. The van der Waals surface area contributed by atoms with Crippen molar-refractivity contribution in [1.82, 2.24) is 4.90 Å². The molecule has 0 spiro atoms. The number of thiocarbonyl (C=S) groups is 1. The number of carbonyl (C=O) groups is 3. The Bertz CT molecular complexity index is 774. The monoisotopic (exact) mass is 369 g/mol. The van der Waals surface area contributed by atoms with Crippen molar-refractivity contribution in [3.8, 4) is 11.5 Å². The summed E-state index contributed by atoms with van der Waals surface area (Å²) < 4.78 is -0.0668. The first-order valence-electron chi connectivity index (χ1n) is 6.44.